The van der Waals surface area contributed by atoms with Crippen molar-refractivity contribution in [2.24, 2.45) is 0 Å². The average molecular weight is 357 g/mol. The molecule has 1 atom stereocenters. The Morgan fingerprint density at radius 1 is 1.28 bits per heavy atom. The SMILES string of the molecule is CCC(CC)[S+]([O-])c1nc2c([nH]1)c1c(c3cc(F)ccc32)CNC=C1. The van der Waals surface area contributed by atoms with E-state index in [1.54, 1.807) is 12.1 Å². The molecule has 1 aromatic heterocycles. The summed E-state index contributed by atoms with van der Waals surface area (Å²) in [5.74, 6) is -0.264. The molecule has 6 heteroatoms. The summed E-state index contributed by atoms with van der Waals surface area (Å²) in [6.07, 6.45) is 5.53. The van der Waals surface area contributed by atoms with E-state index < -0.39 is 11.2 Å². The van der Waals surface area contributed by atoms with Gasteiger partial charge in [-0.25, -0.2) is 4.39 Å². The van der Waals surface area contributed by atoms with E-state index in [0.29, 0.717) is 11.7 Å². The third-order valence-electron chi connectivity index (χ3n) is 4.89. The molecule has 4 rings (SSSR count). The number of halogens is 1. The molecule has 3 aromatic rings. The first-order valence-electron chi connectivity index (χ1n) is 8.58. The van der Waals surface area contributed by atoms with Crippen molar-refractivity contribution in [1.29, 1.82) is 0 Å². The van der Waals surface area contributed by atoms with Crippen LogP contribution in [0.25, 0.3) is 27.9 Å². The van der Waals surface area contributed by atoms with Crippen molar-refractivity contribution in [3.05, 3.63) is 41.3 Å². The van der Waals surface area contributed by atoms with Gasteiger partial charge in [0.15, 0.2) is 0 Å². The topological polar surface area (TPSA) is 63.8 Å². The highest BCUT2D eigenvalue weighted by Gasteiger charge is 2.27. The fourth-order valence-electron chi connectivity index (χ4n) is 3.53. The van der Waals surface area contributed by atoms with Crippen LogP contribution in [0.15, 0.2) is 29.6 Å². The van der Waals surface area contributed by atoms with Crippen LogP contribution in [0.3, 0.4) is 0 Å². The van der Waals surface area contributed by atoms with Crippen LogP contribution in [0, 0.1) is 5.82 Å². The summed E-state index contributed by atoms with van der Waals surface area (Å²) in [7, 11) is 0. The van der Waals surface area contributed by atoms with E-state index in [9.17, 15) is 8.94 Å². The number of hydrogen-bond donors (Lipinski definition) is 2. The molecule has 130 valence electrons. The van der Waals surface area contributed by atoms with Gasteiger partial charge in [0.05, 0.1) is 5.52 Å². The number of H-pyrrole nitrogens is 1. The number of nitrogens with one attached hydrogen (secondary N) is 2. The standard InChI is InChI=1S/C19H20FN3OS/c1-3-12(4-2)25(24)19-22-17-13-6-5-11(20)9-15(13)16-10-21-8-7-14(16)18(17)23-19/h5-9,12,21H,3-4,10H2,1-2H3,(H,22,23). The van der Waals surface area contributed by atoms with E-state index in [1.165, 1.54) is 6.07 Å². The maximum atomic E-state index is 13.8. The van der Waals surface area contributed by atoms with E-state index in [0.717, 1.165) is 45.8 Å². The van der Waals surface area contributed by atoms with E-state index in [-0.39, 0.29) is 11.1 Å². The second-order valence-electron chi connectivity index (χ2n) is 6.30. The summed E-state index contributed by atoms with van der Waals surface area (Å²) in [4.78, 5) is 7.96. The molecular weight excluding hydrogens is 337 g/mol. The highest BCUT2D eigenvalue weighted by atomic mass is 32.2. The van der Waals surface area contributed by atoms with Crippen molar-refractivity contribution < 1.29 is 8.94 Å². The predicted molar refractivity (Wildman–Crippen MR) is 100 cm³/mol. The minimum absolute atomic E-state index is 0.0808. The minimum Gasteiger partial charge on any atom is -0.609 e. The van der Waals surface area contributed by atoms with Crippen LogP contribution in [0.5, 0.6) is 0 Å². The molecule has 0 fully saturated rings. The molecule has 0 saturated heterocycles. The normalized spacial score (nSPS) is 14.9. The smallest absolute Gasteiger partial charge is 0.321 e. The van der Waals surface area contributed by atoms with Crippen molar-refractivity contribution in [3.8, 4) is 0 Å². The minimum atomic E-state index is -1.18. The van der Waals surface area contributed by atoms with Gasteiger partial charge in [-0.1, -0.05) is 13.8 Å². The van der Waals surface area contributed by atoms with Crippen LogP contribution in [-0.2, 0) is 17.7 Å². The highest BCUT2D eigenvalue weighted by Crippen LogP contribution is 2.35. The zero-order chi connectivity index (χ0) is 17.6. The second-order valence-corrected chi connectivity index (χ2v) is 7.95. The molecule has 1 aliphatic heterocycles. The Balaban J connectivity index is 2.01. The van der Waals surface area contributed by atoms with Crippen LogP contribution in [-0.4, -0.2) is 19.8 Å². The third kappa shape index (κ3) is 2.60. The van der Waals surface area contributed by atoms with Crippen molar-refractivity contribution in [2.75, 3.05) is 0 Å². The van der Waals surface area contributed by atoms with Crippen LogP contribution >= 0.6 is 0 Å². The maximum absolute atomic E-state index is 13.8. The summed E-state index contributed by atoms with van der Waals surface area (Å²) in [5.41, 5.74) is 3.66. The van der Waals surface area contributed by atoms with Gasteiger partial charge >= 0.3 is 5.16 Å². The summed E-state index contributed by atoms with van der Waals surface area (Å²) in [5, 5.41) is 5.51. The summed E-state index contributed by atoms with van der Waals surface area (Å²) in [6.45, 7) is 4.72. The lowest BCUT2D eigenvalue weighted by atomic mass is 9.95. The summed E-state index contributed by atoms with van der Waals surface area (Å²) in [6, 6.07) is 4.77. The Morgan fingerprint density at radius 2 is 2.08 bits per heavy atom. The Morgan fingerprint density at radius 3 is 2.84 bits per heavy atom. The van der Waals surface area contributed by atoms with Gasteiger partial charge in [-0.15, -0.1) is 0 Å². The number of benzene rings is 2. The van der Waals surface area contributed by atoms with Gasteiger partial charge < -0.3 is 9.87 Å². The van der Waals surface area contributed by atoms with Crippen LogP contribution in [0.1, 0.15) is 37.8 Å². The van der Waals surface area contributed by atoms with Crippen LogP contribution in [0.4, 0.5) is 4.39 Å². The first-order valence-corrected chi connectivity index (χ1v) is 9.79. The van der Waals surface area contributed by atoms with Gasteiger partial charge in [0.25, 0.3) is 0 Å². The molecule has 2 aromatic carbocycles. The Hall–Kier alpha value is -2.05. The molecular formula is C19H20FN3OS. The summed E-state index contributed by atoms with van der Waals surface area (Å²) >= 11 is -1.18. The monoisotopic (exact) mass is 357 g/mol. The zero-order valence-corrected chi connectivity index (χ0v) is 15.0. The summed E-state index contributed by atoms with van der Waals surface area (Å²) < 4.78 is 26.7. The molecule has 0 radical (unpaired) electrons. The van der Waals surface area contributed by atoms with E-state index in [4.69, 9.17) is 0 Å². The molecule has 0 amide bonds. The first-order chi connectivity index (χ1) is 12.1. The van der Waals surface area contributed by atoms with Crippen LogP contribution in [0.2, 0.25) is 0 Å². The number of fused-ring (bicyclic) bond motifs is 6. The molecule has 4 nitrogen and oxygen atoms in total. The van der Waals surface area contributed by atoms with Gasteiger partial charge in [0, 0.05) is 28.7 Å². The molecule has 0 aliphatic carbocycles. The lowest BCUT2D eigenvalue weighted by Gasteiger charge is -2.16. The fraction of sp³-hybridized carbons (Fsp3) is 0.316. The van der Waals surface area contributed by atoms with Gasteiger partial charge in [-0.2, -0.15) is 4.98 Å². The number of hydrogen-bond acceptors (Lipinski definition) is 3. The lowest BCUT2D eigenvalue weighted by molar-refractivity contribution is 0.564. The number of aromatic amines is 1. The van der Waals surface area contributed by atoms with Crippen molar-refractivity contribution in [3.63, 3.8) is 0 Å². The quantitative estimate of drug-likeness (QED) is 0.687. The Bertz CT molecular complexity index is 978. The molecule has 1 aliphatic rings. The molecule has 2 N–H and O–H groups in total. The van der Waals surface area contributed by atoms with Gasteiger partial charge in [0.1, 0.15) is 16.6 Å². The Kier molecular flexibility index (Phi) is 4.17. The predicted octanol–water partition coefficient (Wildman–Crippen LogP) is 4.23. The molecule has 25 heavy (non-hydrogen) atoms. The molecule has 0 saturated carbocycles. The van der Waals surface area contributed by atoms with E-state index >= 15 is 0 Å². The maximum Gasteiger partial charge on any atom is 0.321 e. The largest absolute Gasteiger partial charge is 0.609 e. The first kappa shape index (κ1) is 16.4. The van der Waals surface area contributed by atoms with E-state index in [2.05, 4.69) is 15.3 Å². The number of imidazole rings is 1. The Labute approximate surface area is 148 Å². The molecule has 1 unspecified atom stereocenters. The fourth-order valence-corrected chi connectivity index (χ4v) is 4.84. The number of aromatic nitrogens is 2. The molecule has 0 bridgehead atoms. The van der Waals surface area contributed by atoms with E-state index in [1.807, 2.05) is 26.1 Å². The van der Waals surface area contributed by atoms with Crippen molar-refractivity contribution >= 4 is 39.1 Å². The second kappa shape index (κ2) is 6.35. The van der Waals surface area contributed by atoms with Gasteiger partial charge in [0.2, 0.25) is 0 Å². The number of nitrogens with zero attached hydrogens (tertiary/aromatic N) is 1. The van der Waals surface area contributed by atoms with Crippen molar-refractivity contribution in [2.45, 2.75) is 43.6 Å². The third-order valence-corrected chi connectivity index (χ3v) is 6.74. The van der Waals surface area contributed by atoms with Gasteiger partial charge in [-0.05, 0) is 54.3 Å². The molecule has 2 heterocycles. The number of rotatable bonds is 4. The average Bonchev–Trinajstić information content (AvgIpc) is 3.08. The van der Waals surface area contributed by atoms with Crippen molar-refractivity contribution in [1.82, 2.24) is 15.3 Å². The highest BCUT2D eigenvalue weighted by molar-refractivity contribution is 7.91. The molecule has 0 spiro atoms. The lowest BCUT2D eigenvalue weighted by Crippen LogP contribution is -2.20. The van der Waals surface area contributed by atoms with Gasteiger partial charge in [-0.3, -0.25) is 4.98 Å². The zero-order valence-electron chi connectivity index (χ0n) is 14.2. The van der Waals surface area contributed by atoms with Crippen LogP contribution < -0.4 is 5.32 Å².